The number of para-hydroxylation sites is 1. The summed E-state index contributed by atoms with van der Waals surface area (Å²) in [6.07, 6.45) is 0. The summed E-state index contributed by atoms with van der Waals surface area (Å²) in [6.45, 7) is 1.25. The third-order valence-corrected chi connectivity index (χ3v) is 5.58. The minimum atomic E-state index is -4.09. The van der Waals surface area contributed by atoms with Crippen molar-refractivity contribution < 1.29 is 22.3 Å². The molecule has 0 radical (unpaired) electrons. The molecule has 0 aliphatic rings. The van der Waals surface area contributed by atoms with E-state index >= 15 is 0 Å². The monoisotopic (exact) mass is 395 g/mol. The van der Waals surface area contributed by atoms with Crippen LogP contribution >= 0.6 is 0 Å². The molecule has 0 atom stereocenters. The zero-order valence-electron chi connectivity index (χ0n) is 15.6. The van der Waals surface area contributed by atoms with E-state index < -0.39 is 28.5 Å². The smallest absolute Gasteiger partial charge is 0.304 e. The number of carbonyl (C=O) groups is 1. The van der Waals surface area contributed by atoms with Crippen LogP contribution < -0.4 is 14.4 Å². The minimum Gasteiger partial charge on any atom is -0.495 e. The molecule has 1 N–H and O–H groups in total. The van der Waals surface area contributed by atoms with Crippen LogP contribution in [0, 0.1) is 12.7 Å². The summed E-state index contributed by atoms with van der Waals surface area (Å²) in [5, 5.41) is 2.62. The highest BCUT2D eigenvalue weighted by Crippen LogP contribution is 2.26. The Morgan fingerprint density at radius 3 is 2.44 bits per heavy atom. The summed E-state index contributed by atoms with van der Waals surface area (Å²) in [6, 6.07) is 10.6. The fraction of sp³-hybridized carbons (Fsp3) is 0.278. The number of benzene rings is 2. The summed E-state index contributed by atoms with van der Waals surface area (Å²) in [5.74, 6) is -0.946. The Balaban J connectivity index is 2.35. The maximum atomic E-state index is 14.2. The molecule has 9 heteroatoms. The Bertz CT molecular complexity index is 932. The van der Waals surface area contributed by atoms with Crippen LogP contribution in [0.1, 0.15) is 5.56 Å². The number of aryl methyl sites for hydroxylation is 1. The molecule has 0 aliphatic heterocycles. The van der Waals surface area contributed by atoms with Gasteiger partial charge in [0.15, 0.2) is 0 Å². The quantitative estimate of drug-likeness (QED) is 0.781. The molecule has 0 aliphatic carbocycles. The summed E-state index contributed by atoms with van der Waals surface area (Å²) in [4.78, 5) is 12.5. The van der Waals surface area contributed by atoms with Gasteiger partial charge in [0, 0.05) is 14.1 Å². The summed E-state index contributed by atoms with van der Waals surface area (Å²) in [7, 11) is -0.01000. The second-order valence-electron chi connectivity index (χ2n) is 6.00. The molecule has 2 aromatic carbocycles. The van der Waals surface area contributed by atoms with E-state index in [4.69, 9.17) is 4.74 Å². The SMILES string of the molecule is COc1ccc(C)cc1NC(=O)CN(c1ccccc1F)S(=O)(=O)N(C)C. The van der Waals surface area contributed by atoms with Gasteiger partial charge in [0.1, 0.15) is 18.1 Å². The highest BCUT2D eigenvalue weighted by molar-refractivity contribution is 7.90. The van der Waals surface area contributed by atoms with Crippen LogP contribution in [0.25, 0.3) is 0 Å². The fourth-order valence-electron chi connectivity index (χ4n) is 2.38. The average molecular weight is 395 g/mol. The Morgan fingerprint density at radius 1 is 1.19 bits per heavy atom. The Labute approximate surface area is 158 Å². The maximum absolute atomic E-state index is 14.2. The standard InChI is InChI=1S/C18H22FN3O4S/c1-13-9-10-17(26-4)15(11-13)20-18(23)12-22(27(24,25)21(2)3)16-8-6-5-7-14(16)19/h5-11H,12H2,1-4H3,(H,20,23). The van der Waals surface area contributed by atoms with E-state index in [1.54, 1.807) is 12.1 Å². The lowest BCUT2D eigenvalue weighted by Gasteiger charge is -2.27. The van der Waals surface area contributed by atoms with Crippen molar-refractivity contribution in [1.82, 2.24) is 4.31 Å². The highest BCUT2D eigenvalue weighted by Gasteiger charge is 2.29. The number of nitrogens with one attached hydrogen (secondary N) is 1. The van der Waals surface area contributed by atoms with Gasteiger partial charge in [-0.2, -0.15) is 12.7 Å². The fourth-order valence-corrected chi connectivity index (χ4v) is 3.45. The number of nitrogens with zero attached hydrogens (tertiary/aromatic N) is 2. The number of methoxy groups -OCH3 is 1. The van der Waals surface area contributed by atoms with E-state index in [2.05, 4.69) is 5.32 Å². The highest BCUT2D eigenvalue weighted by atomic mass is 32.2. The van der Waals surface area contributed by atoms with Crippen molar-refractivity contribution in [2.24, 2.45) is 0 Å². The molecule has 0 aromatic heterocycles. The topological polar surface area (TPSA) is 79.0 Å². The van der Waals surface area contributed by atoms with Crippen molar-refractivity contribution >= 4 is 27.5 Å². The third kappa shape index (κ3) is 4.75. The first-order valence-electron chi connectivity index (χ1n) is 8.06. The van der Waals surface area contributed by atoms with E-state index in [0.29, 0.717) is 11.4 Å². The van der Waals surface area contributed by atoms with Crippen molar-refractivity contribution in [3.8, 4) is 5.75 Å². The predicted molar refractivity (Wildman–Crippen MR) is 103 cm³/mol. The van der Waals surface area contributed by atoms with Crippen LogP contribution in [0.15, 0.2) is 42.5 Å². The Morgan fingerprint density at radius 2 is 1.85 bits per heavy atom. The van der Waals surface area contributed by atoms with Gasteiger partial charge in [0.25, 0.3) is 0 Å². The Kier molecular flexibility index (Phi) is 6.40. The molecule has 2 aromatic rings. The number of halogens is 1. The van der Waals surface area contributed by atoms with Crippen molar-refractivity contribution in [1.29, 1.82) is 0 Å². The van der Waals surface area contributed by atoms with E-state index in [1.807, 2.05) is 13.0 Å². The van der Waals surface area contributed by atoms with Gasteiger partial charge in [-0.05, 0) is 36.8 Å². The molecule has 0 saturated carbocycles. The largest absolute Gasteiger partial charge is 0.495 e. The first kappa shape index (κ1) is 20.7. The van der Waals surface area contributed by atoms with E-state index in [-0.39, 0.29) is 5.69 Å². The molecule has 27 heavy (non-hydrogen) atoms. The van der Waals surface area contributed by atoms with Gasteiger partial charge < -0.3 is 10.1 Å². The number of ether oxygens (including phenoxy) is 1. The molecule has 1 amide bonds. The number of hydrogen-bond acceptors (Lipinski definition) is 4. The molecular formula is C18H22FN3O4S. The minimum absolute atomic E-state index is 0.211. The molecule has 0 bridgehead atoms. The average Bonchev–Trinajstić information content (AvgIpc) is 2.60. The van der Waals surface area contributed by atoms with Gasteiger partial charge >= 0.3 is 10.2 Å². The zero-order valence-corrected chi connectivity index (χ0v) is 16.4. The molecule has 0 fully saturated rings. The van der Waals surface area contributed by atoms with Gasteiger partial charge in [-0.1, -0.05) is 18.2 Å². The molecule has 2 rings (SSSR count). The lowest BCUT2D eigenvalue weighted by atomic mass is 10.2. The summed E-state index contributed by atoms with van der Waals surface area (Å²) < 4.78 is 46.3. The molecule has 0 unspecified atom stereocenters. The van der Waals surface area contributed by atoms with Gasteiger partial charge in [-0.15, -0.1) is 0 Å². The van der Waals surface area contributed by atoms with Crippen molar-refractivity contribution in [3.63, 3.8) is 0 Å². The van der Waals surface area contributed by atoms with Crippen LogP contribution in [-0.4, -0.2) is 46.4 Å². The Hall–Kier alpha value is -2.65. The van der Waals surface area contributed by atoms with E-state index in [0.717, 1.165) is 20.2 Å². The molecule has 0 spiro atoms. The molecule has 146 valence electrons. The lowest BCUT2D eigenvalue weighted by Crippen LogP contribution is -2.44. The van der Waals surface area contributed by atoms with Gasteiger partial charge in [-0.25, -0.2) is 8.70 Å². The van der Waals surface area contributed by atoms with Gasteiger partial charge in [0.2, 0.25) is 5.91 Å². The second-order valence-corrected chi connectivity index (χ2v) is 8.07. The number of amides is 1. The van der Waals surface area contributed by atoms with Gasteiger partial charge in [0.05, 0.1) is 18.5 Å². The van der Waals surface area contributed by atoms with Crippen LogP contribution in [0.5, 0.6) is 5.75 Å². The normalized spacial score (nSPS) is 11.3. The molecular weight excluding hydrogens is 373 g/mol. The summed E-state index contributed by atoms with van der Waals surface area (Å²) >= 11 is 0. The zero-order chi connectivity index (χ0) is 20.2. The van der Waals surface area contributed by atoms with Crippen LogP contribution in [0.2, 0.25) is 0 Å². The first-order chi connectivity index (χ1) is 12.7. The van der Waals surface area contributed by atoms with Crippen LogP contribution in [0.3, 0.4) is 0 Å². The second kappa shape index (κ2) is 8.36. The molecule has 0 saturated heterocycles. The van der Waals surface area contributed by atoms with E-state index in [1.165, 1.54) is 39.4 Å². The predicted octanol–water partition coefficient (Wildman–Crippen LogP) is 2.39. The van der Waals surface area contributed by atoms with Crippen LogP contribution in [-0.2, 0) is 15.0 Å². The first-order valence-corrected chi connectivity index (χ1v) is 9.45. The van der Waals surface area contributed by atoms with Gasteiger partial charge in [-0.3, -0.25) is 4.79 Å². The number of hydrogen-bond donors (Lipinski definition) is 1. The number of carbonyl (C=O) groups excluding carboxylic acids is 1. The van der Waals surface area contributed by atoms with Crippen molar-refractivity contribution in [2.45, 2.75) is 6.92 Å². The lowest BCUT2D eigenvalue weighted by molar-refractivity contribution is -0.114. The van der Waals surface area contributed by atoms with Crippen molar-refractivity contribution in [3.05, 3.63) is 53.8 Å². The number of anilines is 2. The van der Waals surface area contributed by atoms with E-state index in [9.17, 15) is 17.6 Å². The number of rotatable bonds is 7. The third-order valence-electron chi connectivity index (χ3n) is 3.78. The van der Waals surface area contributed by atoms with Crippen molar-refractivity contribution in [2.75, 3.05) is 37.4 Å². The van der Waals surface area contributed by atoms with Crippen LogP contribution in [0.4, 0.5) is 15.8 Å². The summed E-state index contributed by atoms with van der Waals surface area (Å²) in [5.41, 5.74) is 1.08. The molecule has 0 heterocycles. The maximum Gasteiger partial charge on any atom is 0.304 e. The molecule has 7 nitrogen and oxygen atoms in total.